The van der Waals surface area contributed by atoms with Gasteiger partial charge in [0.2, 0.25) is 5.91 Å². The third-order valence-electron chi connectivity index (χ3n) is 2.06. The van der Waals surface area contributed by atoms with Gasteiger partial charge in [0.1, 0.15) is 6.04 Å². The molecule has 0 radical (unpaired) electrons. The lowest BCUT2D eigenvalue weighted by atomic mass is 10.2. The number of carboxylic acid groups (broad SMARTS) is 1. The molecule has 0 aromatic heterocycles. The number of carbonyl (C=O) groups is 3. The molecule has 0 aromatic carbocycles. The number of hydrogen-bond acceptors (Lipinski definition) is 3. The Morgan fingerprint density at radius 3 is 2.50 bits per heavy atom. The molecule has 0 saturated heterocycles. The van der Waals surface area contributed by atoms with Gasteiger partial charge < -0.3 is 21.1 Å². The van der Waals surface area contributed by atoms with Crippen LogP contribution in [0, 0.1) is 12.3 Å². The van der Waals surface area contributed by atoms with Crippen molar-refractivity contribution in [2.45, 2.75) is 25.8 Å². The van der Waals surface area contributed by atoms with E-state index in [1.54, 1.807) is 0 Å². The van der Waals surface area contributed by atoms with Crippen molar-refractivity contribution >= 4 is 17.9 Å². The van der Waals surface area contributed by atoms with Gasteiger partial charge in [-0.3, -0.25) is 4.79 Å². The molecule has 0 saturated carbocycles. The number of nitrogens with two attached hydrogens (primary N) is 1. The highest BCUT2D eigenvalue weighted by Crippen LogP contribution is 1.97. The van der Waals surface area contributed by atoms with Crippen LogP contribution < -0.4 is 11.1 Å². The van der Waals surface area contributed by atoms with Crippen molar-refractivity contribution in [2.24, 2.45) is 5.73 Å². The van der Waals surface area contributed by atoms with Crippen molar-refractivity contribution in [1.29, 1.82) is 0 Å². The first-order chi connectivity index (χ1) is 8.42. The SMILES string of the molecule is C#CCN(CCC)C(=O)NC(CC(N)=O)C(=O)O. The maximum atomic E-state index is 11.7. The van der Waals surface area contributed by atoms with E-state index in [0.29, 0.717) is 13.0 Å². The van der Waals surface area contributed by atoms with Crippen LogP contribution in [0.1, 0.15) is 19.8 Å². The van der Waals surface area contributed by atoms with Gasteiger partial charge in [-0.05, 0) is 6.42 Å². The van der Waals surface area contributed by atoms with Crippen molar-refractivity contribution in [1.82, 2.24) is 10.2 Å². The summed E-state index contributed by atoms with van der Waals surface area (Å²) in [5.74, 6) is 0.179. The minimum atomic E-state index is -1.34. The summed E-state index contributed by atoms with van der Waals surface area (Å²) in [6.45, 7) is 2.33. The zero-order chi connectivity index (χ0) is 14.1. The molecule has 4 N–H and O–H groups in total. The van der Waals surface area contributed by atoms with Gasteiger partial charge in [-0.2, -0.15) is 0 Å². The Morgan fingerprint density at radius 1 is 1.50 bits per heavy atom. The minimum Gasteiger partial charge on any atom is -0.480 e. The molecule has 0 spiro atoms. The summed E-state index contributed by atoms with van der Waals surface area (Å²) in [5, 5.41) is 11.0. The molecule has 1 unspecified atom stereocenters. The summed E-state index contributed by atoms with van der Waals surface area (Å²) in [5.41, 5.74) is 4.90. The Hall–Kier alpha value is -2.23. The number of rotatable bonds is 7. The molecule has 7 nitrogen and oxygen atoms in total. The average Bonchev–Trinajstić information content (AvgIpc) is 2.27. The largest absolute Gasteiger partial charge is 0.480 e. The topological polar surface area (TPSA) is 113 Å². The maximum Gasteiger partial charge on any atom is 0.326 e. The lowest BCUT2D eigenvalue weighted by Gasteiger charge is -2.22. The second-order valence-electron chi connectivity index (χ2n) is 3.64. The van der Waals surface area contributed by atoms with E-state index >= 15 is 0 Å². The highest BCUT2D eigenvalue weighted by atomic mass is 16.4. The first-order valence-electron chi connectivity index (χ1n) is 5.42. The Labute approximate surface area is 105 Å². The fourth-order valence-electron chi connectivity index (χ4n) is 1.27. The number of amides is 3. The smallest absolute Gasteiger partial charge is 0.326 e. The van der Waals surface area contributed by atoms with E-state index in [9.17, 15) is 14.4 Å². The van der Waals surface area contributed by atoms with Crippen molar-refractivity contribution in [2.75, 3.05) is 13.1 Å². The number of urea groups is 1. The number of hydrogen-bond donors (Lipinski definition) is 3. The molecular formula is C11H17N3O4. The predicted molar refractivity (Wildman–Crippen MR) is 64.5 cm³/mol. The van der Waals surface area contributed by atoms with Gasteiger partial charge in [-0.15, -0.1) is 6.42 Å². The number of terminal acetylenes is 1. The second kappa shape index (κ2) is 7.95. The van der Waals surface area contributed by atoms with Crippen LogP contribution in [0.15, 0.2) is 0 Å². The number of primary amides is 1. The summed E-state index contributed by atoms with van der Waals surface area (Å²) in [6.07, 6.45) is 5.33. The fourth-order valence-corrected chi connectivity index (χ4v) is 1.27. The Balaban J connectivity index is 4.60. The van der Waals surface area contributed by atoms with Crippen molar-refractivity contribution in [3.63, 3.8) is 0 Å². The summed E-state index contributed by atoms with van der Waals surface area (Å²) < 4.78 is 0. The lowest BCUT2D eigenvalue weighted by Crippen LogP contribution is -2.49. The monoisotopic (exact) mass is 255 g/mol. The first kappa shape index (κ1) is 15.8. The standard InChI is InChI=1S/C11H17N3O4/c1-3-5-14(6-4-2)11(18)13-8(10(16)17)7-9(12)15/h1,8H,4-7H2,2H3,(H2,12,15)(H,13,18)(H,16,17). The van der Waals surface area contributed by atoms with Crippen LogP contribution in [0.2, 0.25) is 0 Å². The highest BCUT2D eigenvalue weighted by Gasteiger charge is 2.24. The zero-order valence-corrected chi connectivity index (χ0v) is 10.2. The van der Waals surface area contributed by atoms with Crippen molar-refractivity contribution in [3.05, 3.63) is 0 Å². The van der Waals surface area contributed by atoms with Gasteiger partial charge in [-0.25, -0.2) is 9.59 Å². The van der Waals surface area contributed by atoms with Crippen LogP contribution in [0.25, 0.3) is 0 Å². The first-order valence-corrected chi connectivity index (χ1v) is 5.42. The average molecular weight is 255 g/mol. The maximum absolute atomic E-state index is 11.7. The van der Waals surface area contributed by atoms with Crippen molar-refractivity contribution < 1.29 is 19.5 Å². The van der Waals surface area contributed by atoms with Gasteiger partial charge >= 0.3 is 12.0 Å². The van der Waals surface area contributed by atoms with Crippen LogP contribution in [0.3, 0.4) is 0 Å². The molecule has 7 heteroatoms. The Kier molecular flexibility index (Phi) is 6.96. The lowest BCUT2D eigenvalue weighted by molar-refractivity contribution is -0.140. The van der Waals surface area contributed by atoms with E-state index in [-0.39, 0.29) is 6.54 Å². The van der Waals surface area contributed by atoms with Crippen LogP contribution in [-0.4, -0.2) is 47.0 Å². The third kappa shape index (κ3) is 5.75. The molecule has 0 aliphatic rings. The molecule has 1 atom stereocenters. The van der Waals surface area contributed by atoms with E-state index in [2.05, 4.69) is 11.2 Å². The molecule has 0 fully saturated rings. The molecule has 0 aliphatic heterocycles. The zero-order valence-electron chi connectivity index (χ0n) is 10.2. The third-order valence-corrected chi connectivity index (χ3v) is 2.06. The number of aliphatic carboxylic acids is 1. The van der Waals surface area contributed by atoms with E-state index in [0.717, 1.165) is 0 Å². The number of nitrogens with one attached hydrogen (secondary N) is 1. The van der Waals surface area contributed by atoms with Crippen LogP contribution in [0.4, 0.5) is 4.79 Å². The molecule has 0 bridgehead atoms. The van der Waals surface area contributed by atoms with E-state index in [1.165, 1.54) is 4.90 Å². The number of carbonyl (C=O) groups excluding carboxylic acids is 2. The molecule has 0 rings (SSSR count). The van der Waals surface area contributed by atoms with Crippen LogP contribution >= 0.6 is 0 Å². The molecule has 0 heterocycles. The van der Waals surface area contributed by atoms with Gasteiger partial charge in [0, 0.05) is 6.54 Å². The molecule has 100 valence electrons. The highest BCUT2D eigenvalue weighted by molar-refractivity contribution is 5.87. The fraction of sp³-hybridized carbons (Fsp3) is 0.545. The quantitative estimate of drug-likeness (QED) is 0.525. The van der Waals surface area contributed by atoms with Crippen molar-refractivity contribution in [3.8, 4) is 12.3 Å². The Bertz CT molecular complexity index is 362. The van der Waals surface area contributed by atoms with E-state index in [1.807, 2.05) is 6.92 Å². The van der Waals surface area contributed by atoms with Gasteiger partial charge in [-0.1, -0.05) is 12.8 Å². The molecule has 0 aromatic rings. The van der Waals surface area contributed by atoms with E-state index in [4.69, 9.17) is 17.3 Å². The minimum absolute atomic E-state index is 0.0720. The number of nitrogens with zero attached hydrogens (tertiary/aromatic N) is 1. The van der Waals surface area contributed by atoms with Crippen LogP contribution in [0.5, 0.6) is 0 Å². The summed E-state index contributed by atoms with van der Waals surface area (Å²) in [7, 11) is 0. The van der Waals surface area contributed by atoms with Crippen LogP contribution in [-0.2, 0) is 9.59 Å². The second-order valence-corrected chi connectivity index (χ2v) is 3.64. The molecule has 0 aliphatic carbocycles. The van der Waals surface area contributed by atoms with Gasteiger partial charge in [0.25, 0.3) is 0 Å². The number of carboxylic acids is 1. The molecular weight excluding hydrogens is 238 g/mol. The van der Waals surface area contributed by atoms with E-state index < -0.39 is 30.4 Å². The van der Waals surface area contributed by atoms with Gasteiger partial charge in [0.05, 0.1) is 13.0 Å². The molecule has 18 heavy (non-hydrogen) atoms. The predicted octanol–water partition coefficient (Wildman–Crippen LogP) is -0.630. The van der Waals surface area contributed by atoms with Gasteiger partial charge in [0.15, 0.2) is 0 Å². The molecule has 3 amide bonds. The summed E-state index contributed by atoms with van der Waals surface area (Å²) in [6, 6.07) is -1.96. The summed E-state index contributed by atoms with van der Waals surface area (Å²) >= 11 is 0. The Morgan fingerprint density at radius 2 is 2.11 bits per heavy atom. The normalized spacial score (nSPS) is 11.1. The summed E-state index contributed by atoms with van der Waals surface area (Å²) in [4.78, 5) is 34.5.